The molecule has 0 spiro atoms. The second-order valence-corrected chi connectivity index (χ2v) is 4.78. The molecule has 94 valence electrons. The molecule has 2 N–H and O–H groups in total. The molecule has 1 aliphatic heterocycles. The molecule has 0 bridgehead atoms. The van der Waals surface area contributed by atoms with E-state index in [0.717, 1.165) is 42.7 Å². The van der Waals surface area contributed by atoms with Gasteiger partial charge in [-0.1, -0.05) is 6.07 Å². The molecule has 18 heavy (non-hydrogen) atoms. The fourth-order valence-electron chi connectivity index (χ4n) is 2.53. The molecule has 1 aliphatic rings. The largest absolute Gasteiger partial charge is 0.381 e. The Bertz CT molecular complexity index is 537. The van der Waals surface area contributed by atoms with Crippen molar-refractivity contribution in [3.8, 4) is 0 Å². The summed E-state index contributed by atoms with van der Waals surface area (Å²) in [5.74, 6) is 0.507. The predicted molar refractivity (Wildman–Crippen MR) is 70.0 cm³/mol. The minimum absolute atomic E-state index is 0.0697. The van der Waals surface area contributed by atoms with E-state index in [0.29, 0.717) is 5.92 Å². The molecule has 0 radical (unpaired) electrons. The van der Waals surface area contributed by atoms with E-state index in [1.165, 1.54) is 0 Å². The fraction of sp³-hybridized carbons (Fsp3) is 0.429. The van der Waals surface area contributed by atoms with Gasteiger partial charge in [0.15, 0.2) is 0 Å². The minimum Gasteiger partial charge on any atom is -0.381 e. The van der Waals surface area contributed by atoms with Crippen LogP contribution in [0.1, 0.15) is 24.4 Å². The van der Waals surface area contributed by atoms with E-state index >= 15 is 0 Å². The van der Waals surface area contributed by atoms with Crippen molar-refractivity contribution in [1.29, 1.82) is 0 Å². The van der Waals surface area contributed by atoms with Gasteiger partial charge in [0.05, 0.1) is 11.0 Å². The van der Waals surface area contributed by atoms with Crippen LogP contribution >= 0.6 is 0 Å². The van der Waals surface area contributed by atoms with E-state index in [9.17, 15) is 0 Å². The van der Waals surface area contributed by atoms with Gasteiger partial charge in [0, 0.05) is 31.6 Å². The molecule has 2 aromatic rings. The Kier molecular flexibility index (Phi) is 3.21. The highest BCUT2D eigenvalue weighted by molar-refractivity contribution is 5.74. The van der Waals surface area contributed by atoms with Gasteiger partial charge in [0.25, 0.3) is 0 Å². The van der Waals surface area contributed by atoms with Gasteiger partial charge in [-0.25, -0.2) is 0 Å². The van der Waals surface area contributed by atoms with Gasteiger partial charge in [-0.2, -0.15) is 0 Å². The van der Waals surface area contributed by atoms with Crippen LogP contribution in [0, 0.1) is 5.92 Å². The predicted octanol–water partition coefficient (Wildman–Crippen LogP) is 2.06. The first-order chi connectivity index (χ1) is 8.84. The first-order valence-corrected chi connectivity index (χ1v) is 6.38. The normalized spacial score (nSPS) is 18.9. The van der Waals surface area contributed by atoms with Gasteiger partial charge < -0.3 is 10.5 Å². The third-order valence-corrected chi connectivity index (χ3v) is 3.65. The van der Waals surface area contributed by atoms with Gasteiger partial charge >= 0.3 is 0 Å². The van der Waals surface area contributed by atoms with Gasteiger partial charge in [-0.05, 0) is 36.5 Å². The third-order valence-electron chi connectivity index (χ3n) is 3.65. The van der Waals surface area contributed by atoms with Crippen LogP contribution in [0.2, 0.25) is 0 Å². The molecular weight excluding hydrogens is 226 g/mol. The molecule has 1 atom stereocenters. The zero-order chi connectivity index (χ0) is 12.4. The van der Waals surface area contributed by atoms with Crippen molar-refractivity contribution >= 4 is 11.0 Å². The summed E-state index contributed by atoms with van der Waals surface area (Å²) in [6, 6.07) is 6.19. The molecule has 0 aliphatic carbocycles. The lowest BCUT2D eigenvalue weighted by atomic mass is 9.87. The summed E-state index contributed by atoms with van der Waals surface area (Å²) in [4.78, 5) is 8.60. The van der Waals surface area contributed by atoms with Crippen LogP contribution in [0.4, 0.5) is 0 Å². The van der Waals surface area contributed by atoms with Crippen molar-refractivity contribution in [2.75, 3.05) is 13.2 Å². The van der Waals surface area contributed by atoms with Crippen LogP contribution in [0.5, 0.6) is 0 Å². The quantitative estimate of drug-likeness (QED) is 0.877. The zero-order valence-corrected chi connectivity index (χ0v) is 10.2. The number of benzene rings is 1. The van der Waals surface area contributed by atoms with Crippen molar-refractivity contribution < 1.29 is 4.74 Å². The monoisotopic (exact) mass is 243 g/mol. The molecule has 1 aromatic carbocycles. The standard InChI is InChI=1S/C14H17N3O/c15-14(10-3-7-18-8-4-10)11-1-2-12-13(9-11)17-6-5-16-12/h1-2,5-6,9-10,14H,3-4,7-8,15H2. The van der Waals surface area contributed by atoms with Crippen molar-refractivity contribution in [3.05, 3.63) is 36.2 Å². The average Bonchev–Trinajstić information content (AvgIpc) is 2.47. The number of nitrogens with two attached hydrogens (primary N) is 1. The first kappa shape index (κ1) is 11.6. The maximum Gasteiger partial charge on any atom is 0.0890 e. The summed E-state index contributed by atoms with van der Waals surface area (Å²) in [5, 5.41) is 0. The fourth-order valence-corrected chi connectivity index (χ4v) is 2.53. The first-order valence-electron chi connectivity index (χ1n) is 6.38. The average molecular weight is 243 g/mol. The second-order valence-electron chi connectivity index (χ2n) is 4.78. The molecule has 1 aromatic heterocycles. The molecule has 0 amide bonds. The number of rotatable bonds is 2. The molecule has 3 rings (SSSR count). The molecular formula is C14H17N3O. The van der Waals surface area contributed by atoms with E-state index in [4.69, 9.17) is 10.5 Å². The Hall–Kier alpha value is -1.52. The molecule has 0 saturated carbocycles. The number of ether oxygens (including phenoxy) is 1. The number of aromatic nitrogens is 2. The maximum absolute atomic E-state index is 6.36. The number of hydrogen-bond donors (Lipinski definition) is 1. The summed E-state index contributed by atoms with van der Waals surface area (Å²) in [5.41, 5.74) is 9.34. The summed E-state index contributed by atoms with van der Waals surface area (Å²) in [7, 11) is 0. The summed E-state index contributed by atoms with van der Waals surface area (Å²) < 4.78 is 5.38. The lowest BCUT2D eigenvalue weighted by Gasteiger charge is -2.27. The maximum atomic E-state index is 6.36. The van der Waals surface area contributed by atoms with Crippen molar-refractivity contribution in [3.63, 3.8) is 0 Å². The highest BCUT2D eigenvalue weighted by Crippen LogP contribution is 2.28. The van der Waals surface area contributed by atoms with Crippen molar-refractivity contribution in [2.45, 2.75) is 18.9 Å². The molecule has 4 nitrogen and oxygen atoms in total. The highest BCUT2D eigenvalue weighted by Gasteiger charge is 2.22. The van der Waals surface area contributed by atoms with Crippen molar-refractivity contribution in [1.82, 2.24) is 9.97 Å². The lowest BCUT2D eigenvalue weighted by molar-refractivity contribution is 0.0584. The zero-order valence-electron chi connectivity index (χ0n) is 10.2. The van der Waals surface area contributed by atoms with Gasteiger partial charge in [-0.15, -0.1) is 0 Å². The van der Waals surface area contributed by atoms with E-state index < -0.39 is 0 Å². The minimum atomic E-state index is 0.0697. The van der Waals surface area contributed by atoms with Crippen LogP contribution in [0.15, 0.2) is 30.6 Å². The van der Waals surface area contributed by atoms with Gasteiger partial charge in [0.1, 0.15) is 0 Å². The van der Waals surface area contributed by atoms with Crippen LogP contribution in [-0.2, 0) is 4.74 Å². The van der Waals surface area contributed by atoms with Gasteiger partial charge in [-0.3, -0.25) is 9.97 Å². The van der Waals surface area contributed by atoms with Crippen LogP contribution in [0.25, 0.3) is 11.0 Å². The molecule has 1 unspecified atom stereocenters. The van der Waals surface area contributed by atoms with Crippen LogP contribution < -0.4 is 5.73 Å². The lowest BCUT2D eigenvalue weighted by Crippen LogP contribution is -2.27. The Balaban J connectivity index is 1.88. The number of fused-ring (bicyclic) bond motifs is 1. The smallest absolute Gasteiger partial charge is 0.0890 e. The van der Waals surface area contributed by atoms with E-state index in [-0.39, 0.29) is 6.04 Å². The van der Waals surface area contributed by atoms with E-state index in [2.05, 4.69) is 22.1 Å². The Morgan fingerprint density at radius 2 is 1.83 bits per heavy atom. The molecule has 1 saturated heterocycles. The highest BCUT2D eigenvalue weighted by atomic mass is 16.5. The Morgan fingerprint density at radius 1 is 1.11 bits per heavy atom. The van der Waals surface area contributed by atoms with Crippen LogP contribution in [0.3, 0.4) is 0 Å². The van der Waals surface area contributed by atoms with Crippen molar-refractivity contribution in [2.24, 2.45) is 11.7 Å². The molecule has 1 fully saturated rings. The van der Waals surface area contributed by atoms with Gasteiger partial charge in [0.2, 0.25) is 0 Å². The molecule has 4 heteroatoms. The summed E-state index contributed by atoms with van der Waals surface area (Å²) in [6.07, 6.45) is 5.51. The number of hydrogen-bond acceptors (Lipinski definition) is 4. The summed E-state index contributed by atoms with van der Waals surface area (Å²) in [6.45, 7) is 1.65. The summed E-state index contributed by atoms with van der Waals surface area (Å²) >= 11 is 0. The van der Waals surface area contributed by atoms with E-state index in [1.54, 1.807) is 12.4 Å². The third kappa shape index (κ3) is 2.21. The molecule has 2 heterocycles. The Morgan fingerprint density at radius 3 is 2.61 bits per heavy atom. The Labute approximate surface area is 106 Å². The SMILES string of the molecule is NC(c1ccc2nccnc2c1)C1CCOCC1. The number of nitrogens with zero attached hydrogens (tertiary/aromatic N) is 2. The topological polar surface area (TPSA) is 61.0 Å². The second kappa shape index (κ2) is 5.00. The van der Waals surface area contributed by atoms with E-state index in [1.807, 2.05) is 6.07 Å². The van der Waals surface area contributed by atoms with Crippen LogP contribution in [-0.4, -0.2) is 23.2 Å².